The Hall–Kier alpha value is -3.38. The van der Waals surface area contributed by atoms with Gasteiger partial charge in [0, 0.05) is 18.3 Å². The van der Waals surface area contributed by atoms with Gasteiger partial charge < -0.3 is 14.6 Å². The summed E-state index contributed by atoms with van der Waals surface area (Å²) >= 11 is 5.88. The van der Waals surface area contributed by atoms with E-state index in [1.165, 1.54) is 10.8 Å². The molecule has 0 bridgehead atoms. The van der Waals surface area contributed by atoms with Crippen LogP contribution in [-0.2, 0) is 11.8 Å². The lowest BCUT2D eigenvalue weighted by Crippen LogP contribution is -2.31. The first-order chi connectivity index (χ1) is 13.9. The van der Waals surface area contributed by atoms with E-state index in [1.54, 1.807) is 32.2 Å². The highest BCUT2D eigenvalue weighted by Gasteiger charge is 2.15. The maximum atomic E-state index is 12.3. The zero-order chi connectivity index (χ0) is 20.8. The quantitative estimate of drug-likeness (QED) is 0.624. The Labute approximate surface area is 173 Å². The summed E-state index contributed by atoms with van der Waals surface area (Å²) in [6.07, 6.45) is 4.74. The second-order valence-electron chi connectivity index (χ2n) is 6.41. The van der Waals surface area contributed by atoms with Gasteiger partial charge in [0.25, 0.3) is 5.91 Å². The molecule has 1 aromatic heterocycles. The molecule has 0 aliphatic carbocycles. The van der Waals surface area contributed by atoms with Gasteiger partial charge in [0.2, 0.25) is 0 Å². The van der Waals surface area contributed by atoms with Crippen LogP contribution >= 0.6 is 11.6 Å². The van der Waals surface area contributed by atoms with Gasteiger partial charge in [0.1, 0.15) is 11.6 Å². The first-order valence-corrected chi connectivity index (χ1v) is 9.33. The number of anilines is 1. The molecule has 2 aromatic carbocycles. The molecule has 1 N–H and O–H groups in total. The van der Waals surface area contributed by atoms with Gasteiger partial charge in [-0.3, -0.25) is 4.79 Å². The number of nitrogens with one attached hydrogen (secondary N) is 1. The Balaban J connectivity index is 1.58. The molecule has 1 unspecified atom stereocenters. The van der Waals surface area contributed by atoms with Crippen molar-refractivity contribution in [1.29, 1.82) is 0 Å². The molecule has 6 nitrogen and oxygen atoms in total. The molecule has 1 amide bonds. The number of aryl methyl sites for hydroxylation is 1. The van der Waals surface area contributed by atoms with E-state index in [0.717, 1.165) is 11.1 Å². The van der Waals surface area contributed by atoms with Crippen LogP contribution in [0.3, 0.4) is 0 Å². The molecule has 148 valence electrons. The second kappa shape index (κ2) is 9.21. The Morgan fingerprint density at radius 3 is 2.24 bits per heavy atom. The van der Waals surface area contributed by atoms with Crippen LogP contribution in [0.2, 0.25) is 5.02 Å². The van der Waals surface area contributed by atoms with Crippen molar-refractivity contribution < 1.29 is 9.53 Å². The number of benzene rings is 2. The number of amides is 1. The number of hydrogen-bond donors (Lipinski definition) is 1. The normalized spacial score (nSPS) is 12.0. The smallest absolute Gasteiger partial charge is 0.349 e. The van der Waals surface area contributed by atoms with Crippen LogP contribution < -0.4 is 15.7 Å². The van der Waals surface area contributed by atoms with Crippen LogP contribution in [0.4, 0.5) is 5.82 Å². The van der Waals surface area contributed by atoms with Gasteiger partial charge in [-0.2, -0.15) is 4.98 Å². The maximum Gasteiger partial charge on any atom is 0.349 e. The maximum absolute atomic E-state index is 12.3. The SMILES string of the molecule is CC(Oc1ccc(/C=C/c2ccc(Cl)cc2)cc1)C(=O)Nc1ccn(C)c(=O)n1. The number of aromatic nitrogens is 2. The van der Waals surface area contributed by atoms with Gasteiger partial charge in [0.05, 0.1) is 0 Å². The summed E-state index contributed by atoms with van der Waals surface area (Å²) in [6.45, 7) is 1.63. The van der Waals surface area contributed by atoms with Crippen LogP contribution in [0, 0.1) is 0 Å². The van der Waals surface area contributed by atoms with E-state index in [4.69, 9.17) is 16.3 Å². The average Bonchev–Trinajstić information content (AvgIpc) is 2.71. The lowest BCUT2D eigenvalue weighted by Gasteiger charge is -2.14. The molecule has 29 heavy (non-hydrogen) atoms. The highest BCUT2D eigenvalue weighted by atomic mass is 35.5. The predicted molar refractivity (Wildman–Crippen MR) is 115 cm³/mol. The van der Waals surface area contributed by atoms with E-state index in [0.29, 0.717) is 10.8 Å². The van der Waals surface area contributed by atoms with Crippen molar-refractivity contribution in [1.82, 2.24) is 9.55 Å². The Kier molecular flexibility index (Phi) is 6.46. The third-order valence-electron chi connectivity index (χ3n) is 4.13. The Bertz CT molecular complexity index is 1070. The first-order valence-electron chi connectivity index (χ1n) is 8.95. The summed E-state index contributed by atoms with van der Waals surface area (Å²) in [5.74, 6) is 0.363. The van der Waals surface area contributed by atoms with Crippen molar-refractivity contribution in [3.63, 3.8) is 0 Å². The number of halogens is 1. The van der Waals surface area contributed by atoms with Crippen molar-refractivity contribution >= 4 is 35.5 Å². The zero-order valence-electron chi connectivity index (χ0n) is 16.0. The second-order valence-corrected chi connectivity index (χ2v) is 6.85. The fourth-order valence-electron chi connectivity index (χ4n) is 2.44. The van der Waals surface area contributed by atoms with Crippen LogP contribution in [0.15, 0.2) is 65.6 Å². The molecule has 0 radical (unpaired) electrons. The summed E-state index contributed by atoms with van der Waals surface area (Å²) in [6, 6.07) is 16.5. The summed E-state index contributed by atoms with van der Waals surface area (Å²) in [5, 5.41) is 3.28. The molecule has 0 spiro atoms. The third kappa shape index (κ3) is 5.80. The number of rotatable bonds is 6. The van der Waals surface area contributed by atoms with E-state index in [2.05, 4.69) is 10.3 Å². The molecule has 1 heterocycles. The molecule has 3 aromatic rings. The fraction of sp³-hybridized carbons (Fsp3) is 0.136. The molecular formula is C22H20ClN3O3. The Morgan fingerprint density at radius 1 is 1.07 bits per heavy atom. The molecule has 1 atom stereocenters. The number of hydrogen-bond acceptors (Lipinski definition) is 4. The van der Waals surface area contributed by atoms with E-state index >= 15 is 0 Å². The molecule has 3 rings (SSSR count). The average molecular weight is 410 g/mol. The highest BCUT2D eigenvalue weighted by molar-refractivity contribution is 6.30. The van der Waals surface area contributed by atoms with Crippen LogP contribution in [0.5, 0.6) is 5.75 Å². The van der Waals surface area contributed by atoms with Crippen molar-refractivity contribution in [2.45, 2.75) is 13.0 Å². The van der Waals surface area contributed by atoms with Gasteiger partial charge in [-0.15, -0.1) is 0 Å². The van der Waals surface area contributed by atoms with Crippen molar-refractivity contribution in [3.8, 4) is 5.75 Å². The van der Waals surface area contributed by atoms with Crippen LogP contribution in [0.25, 0.3) is 12.2 Å². The van der Waals surface area contributed by atoms with E-state index in [1.807, 2.05) is 48.6 Å². The Morgan fingerprint density at radius 2 is 1.66 bits per heavy atom. The minimum Gasteiger partial charge on any atom is -0.481 e. The predicted octanol–water partition coefficient (Wildman–Crippen LogP) is 4.01. The number of carbonyl (C=O) groups is 1. The van der Waals surface area contributed by atoms with Gasteiger partial charge in [-0.1, -0.05) is 48.0 Å². The van der Waals surface area contributed by atoms with E-state index < -0.39 is 17.7 Å². The van der Waals surface area contributed by atoms with Gasteiger partial charge in [-0.25, -0.2) is 4.79 Å². The number of nitrogens with zero attached hydrogens (tertiary/aromatic N) is 2. The summed E-state index contributed by atoms with van der Waals surface area (Å²) in [7, 11) is 1.58. The molecule has 7 heteroatoms. The van der Waals surface area contributed by atoms with Gasteiger partial charge in [0.15, 0.2) is 6.10 Å². The minimum atomic E-state index is -0.753. The van der Waals surface area contributed by atoms with Crippen molar-refractivity contribution in [3.05, 3.63) is 87.4 Å². The first kappa shape index (κ1) is 20.4. The highest BCUT2D eigenvalue weighted by Crippen LogP contribution is 2.17. The summed E-state index contributed by atoms with van der Waals surface area (Å²) in [5.41, 5.74) is 1.59. The summed E-state index contributed by atoms with van der Waals surface area (Å²) < 4.78 is 6.99. The number of carbonyl (C=O) groups excluding carboxylic acids is 1. The third-order valence-corrected chi connectivity index (χ3v) is 4.38. The van der Waals surface area contributed by atoms with E-state index in [-0.39, 0.29) is 5.82 Å². The van der Waals surface area contributed by atoms with Crippen molar-refractivity contribution in [2.75, 3.05) is 5.32 Å². The zero-order valence-corrected chi connectivity index (χ0v) is 16.8. The van der Waals surface area contributed by atoms with Gasteiger partial charge >= 0.3 is 5.69 Å². The lowest BCUT2D eigenvalue weighted by molar-refractivity contribution is -0.122. The summed E-state index contributed by atoms with van der Waals surface area (Å²) in [4.78, 5) is 27.6. The molecular weight excluding hydrogens is 390 g/mol. The molecule has 0 aliphatic heterocycles. The van der Waals surface area contributed by atoms with Crippen LogP contribution in [0.1, 0.15) is 18.1 Å². The van der Waals surface area contributed by atoms with Crippen molar-refractivity contribution in [2.24, 2.45) is 7.05 Å². The van der Waals surface area contributed by atoms with Crippen LogP contribution in [-0.4, -0.2) is 21.6 Å². The fourth-order valence-corrected chi connectivity index (χ4v) is 2.57. The largest absolute Gasteiger partial charge is 0.481 e. The van der Waals surface area contributed by atoms with Gasteiger partial charge in [-0.05, 0) is 48.4 Å². The molecule has 0 saturated carbocycles. The lowest BCUT2D eigenvalue weighted by atomic mass is 10.1. The van der Waals surface area contributed by atoms with E-state index in [9.17, 15) is 9.59 Å². The molecule has 0 aliphatic rings. The minimum absolute atomic E-state index is 0.191. The molecule has 0 saturated heterocycles. The number of ether oxygens (including phenoxy) is 1. The monoisotopic (exact) mass is 409 g/mol. The topological polar surface area (TPSA) is 73.2 Å². The standard InChI is InChI=1S/C22H20ClN3O3/c1-15(21(27)24-20-13-14-26(2)22(28)25-20)29-19-11-7-17(8-12-19)4-3-16-5-9-18(23)10-6-16/h3-15H,1-2H3,(H,24,25,27,28)/b4-3+. The molecule has 0 fully saturated rings.